The lowest BCUT2D eigenvalue weighted by molar-refractivity contribution is 0.408. The number of aromatic hydroxyl groups is 1. The van der Waals surface area contributed by atoms with Crippen LogP contribution >= 0.6 is 47.8 Å². The summed E-state index contributed by atoms with van der Waals surface area (Å²) in [5, 5.41) is 9.90. The summed E-state index contributed by atoms with van der Waals surface area (Å²) in [5.41, 5.74) is 0. The molecule has 0 spiro atoms. The lowest BCUT2D eigenvalue weighted by Crippen LogP contribution is -1.86. The highest BCUT2D eigenvalue weighted by Crippen LogP contribution is 2.41. The second-order valence-electron chi connectivity index (χ2n) is 3.27. The van der Waals surface area contributed by atoms with E-state index in [1.807, 2.05) is 24.3 Å². The van der Waals surface area contributed by atoms with Crippen molar-refractivity contribution in [1.29, 1.82) is 0 Å². The quantitative estimate of drug-likeness (QED) is 0.695. The molecule has 0 fully saturated rings. The fourth-order valence-electron chi connectivity index (χ4n) is 1.26. The minimum Gasteiger partial charge on any atom is -0.503 e. The molecule has 0 heterocycles. The highest BCUT2D eigenvalue weighted by molar-refractivity contribution is 9.13. The van der Waals surface area contributed by atoms with Crippen molar-refractivity contribution in [3.05, 3.63) is 49.8 Å². The van der Waals surface area contributed by atoms with Gasteiger partial charge in [-0.2, -0.15) is 0 Å². The van der Waals surface area contributed by atoms with Crippen LogP contribution in [-0.4, -0.2) is 5.11 Å². The Morgan fingerprint density at radius 1 is 1.00 bits per heavy atom. The summed E-state index contributed by atoms with van der Waals surface area (Å²) in [5.74, 6) is 1.13. The highest BCUT2D eigenvalue weighted by atomic mass is 79.9. The largest absolute Gasteiger partial charge is 0.503 e. The maximum atomic E-state index is 9.90. The maximum Gasteiger partial charge on any atom is 0.174 e. The third kappa shape index (κ3) is 3.03. The van der Waals surface area contributed by atoms with Crippen molar-refractivity contribution in [1.82, 2.24) is 0 Å². The lowest BCUT2D eigenvalue weighted by atomic mass is 10.3. The summed E-state index contributed by atoms with van der Waals surface area (Å²) in [6.45, 7) is 0. The SMILES string of the molecule is Oc1c(Oc2cccc(Br)c2)ccc(Br)c1Br. The number of ether oxygens (including phenoxy) is 1. The Balaban J connectivity index is 2.34. The van der Waals surface area contributed by atoms with Crippen LogP contribution in [0, 0.1) is 0 Å². The fraction of sp³-hybridized carbons (Fsp3) is 0. The van der Waals surface area contributed by atoms with Gasteiger partial charge in [0.1, 0.15) is 5.75 Å². The van der Waals surface area contributed by atoms with E-state index in [4.69, 9.17) is 4.74 Å². The van der Waals surface area contributed by atoms with E-state index in [1.54, 1.807) is 12.1 Å². The average Bonchev–Trinajstić information content (AvgIpc) is 2.30. The predicted octanol–water partition coefficient (Wildman–Crippen LogP) is 5.47. The van der Waals surface area contributed by atoms with E-state index in [0.717, 1.165) is 8.95 Å². The Hall–Kier alpha value is -0.520. The molecule has 0 aliphatic heterocycles. The topological polar surface area (TPSA) is 29.5 Å². The first-order valence-corrected chi connectivity index (χ1v) is 7.06. The molecule has 2 aromatic rings. The van der Waals surface area contributed by atoms with E-state index >= 15 is 0 Å². The van der Waals surface area contributed by atoms with Crippen LogP contribution in [0.2, 0.25) is 0 Å². The van der Waals surface area contributed by atoms with Gasteiger partial charge in [-0.25, -0.2) is 0 Å². The molecular formula is C12H7Br3O2. The number of halogens is 3. The van der Waals surface area contributed by atoms with E-state index in [2.05, 4.69) is 47.8 Å². The number of hydrogen-bond acceptors (Lipinski definition) is 2. The normalized spacial score (nSPS) is 10.3. The third-order valence-electron chi connectivity index (χ3n) is 2.06. The van der Waals surface area contributed by atoms with Gasteiger partial charge in [-0.05, 0) is 62.2 Å². The zero-order chi connectivity index (χ0) is 12.4. The minimum absolute atomic E-state index is 0.0688. The second kappa shape index (κ2) is 5.42. The molecule has 17 heavy (non-hydrogen) atoms. The second-order valence-corrected chi connectivity index (χ2v) is 5.83. The number of hydrogen-bond donors (Lipinski definition) is 1. The van der Waals surface area contributed by atoms with Gasteiger partial charge in [0, 0.05) is 8.95 Å². The molecule has 0 aliphatic rings. The van der Waals surface area contributed by atoms with E-state index < -0.39 is 0 Å². The molecule has 1 N–H and O–H groups in total. The van der Waals surface area contributed by atoms with Crippen LogP contribution in [0.4, 0.5) is 0 Å². The zero-order valence-electron chi connectivity index (χ0n) is 8.45. The van der Waals surface area contributed by atoms with Crippen LogP contribution in [0.1, 0.15) is 0 Å². The summed E-state index contributed by atoms with van der Waals surface area (Å²) in [4.78, 5) is 0. The van der Waals surface area contributed by atoms with Gasteiger partial charge in [0.05, 0.1) is 4.47 Å². The summed E-state index contributed by atoms with van der Waals surface area (Å²) in [6.07, 6.45) is 0. The summed E-state index contributed by atoms with van der Waals surface area (Å²) in [7, 11) is 0. The third-order valence-corrected chi connectivity index (χ3v) is 4.54. The average molecular weight is 423 g/mol. The Labute approximate surface area is 124 Å². The van der Waals surface area contributed by atoms with Crippen molar-refractivity contribution in [3.8, 4) is 17.2 Å². The molecule has 0 saturated carbocycles. The molecular weight excluding hydrogens is 416 g/mol. The number of rotatable bonds is 2. The molecule has 0 unspecified atom stereocenters. The Morgan fingerprint density at radius 3 is 2.47 bits per heavy atom. The monoisotopic (exact) mass is 420 g/mol. The smallest absolute Gasteiger partial charge is 0.174 e. The lowest BCUT2D eigenvalue weighted by Gasteiger charge is -2.09. The molecule has 5 heteroatoms. The van der Waals surface area contributed by atoms with Gasteiger partial charge in [0.2, 0.25) is 0 Å². The predicted molar refractivity (Wildman–Crippen MR) is 77.7 cm³/mol. The van der Waals surface area contributed by atoms with Crippen molar-refractivity contribution in [2.24, 2.45) is 0 Å². The van der Waals surface area contributed by atoms with E-state index in [1.165, 1.54) is 0 Å². The molecule has 0 bridgehead atoms. The van der Waals surface area contributed by atoms with Gasteiger partial charge in [-0.3, -0.25) is 0 Å². The van der Waals surface area contributed by atoms with Gasteiger partial charge in [0.15, 0.2) is 11.5 Å². The molecule has 0 atom stereocenters. The van der Waals surface area contributed by atoms with Gasteiger partial charge >= 0.3 is 0 Å². The Kier molecular flexibility index (Phi) is 4.12. The van der Waals surface area contributed by atoms with Crippen LogP contribution in [0.25, 0.3) is 0 Å². The minimum atomic E-state index is 0.0688. The molecule has 2 rings (SSSR count). The molecule has 0 radical (unpaired) electrons. The molecule has 2 nitrogen and oxygen atoms in total. The Bertz CT molecular complexity index is 555. The van der Waals surface area contributed by atoms with Crippen molar-refractivity contribution >= 4 is 47.8 Å². The number of phenolic OH excluding ortho intramolecular Hbond substituents is 1. The number of benzene rings is 2. The first-order valence-electron chi connectivity index (χ1n) is 4.68. The van der Waals surface area contributed by atoms with Gasteiger partial charge in [-0.15, -0.1) is 0 Å². The molecule has 2 aromatic carbocycles. The van der Waals surface area contributed by atoms with Crippen LogP contribution in [0.5, 0.6) is 17.2 Å². The zero-order valence-corrected chi connectivity index (χ0v) is 13.2. The number of phenols is 1. The first kappa shape index (κ1) is 12.9. The van der Waals surface area contributed by atoms with E-state index in [9.17, 15) is 5.11 Å². The van der Waals surface area contributed by atoms with Crippen molar-refractivity contribution < 1.29 is 9.84 Å². The standard InChI is InChI=1S/C12H7Br3O2/c13-7-2-1-3-8(6-7)17-10-5-4-9(14)11(15)12(10)16/h1-6,16H. The Morgan fingerprint density at radius 2 is 1.76 bits per heavy atom. The van der Waals surface area contributed by atoms with Gasteiger partial charge < -0.3 is 9.84 Å². The fourth-order valence-corrected chi connectivity index (χ4v) is 2.29. The van der Waals surface area contributed by atoms with Crippen LogP contribution in [0.3, 0.4) is 0 Å². The summed E-state index contributed by atoms with van der Waals surface area (Å²) in [6, 6.07) is 10.9. The molecule has 88 valence electrons. The van der Waals surface area contributed by atoms with E-state index in [-0.39, 0.29) is 5.75 Å². The molecule has 0 amide bonds. The van der Waals surface area contributed by atoms with Crippen molar-refractivity contribution in [2.45, 2.75) is 0 Å². The molecule has 0 aromatic heterocycles. The van der Waals surface area contributed by atoms with Gasteiger partial charge in [0.25, 0.3) is 0 Å². The van der Waals surface area contributed by atoms with Crippen molar-refractivity contribution in [3.63, 3.8) is 0 Å². The molecule has 0 saturated heterocycles. The first-order chi connectivity index (χ1) is 8.08. The van der Waals surface area contributed by atoms with E-state index in [0.29, 0.717) is 16.0 Å². The summed E-state index contributed by atoms with van der Waals surface area (Å²) < 4.78 is 7.87. The van der Waals surface area contributed by atoms with Crippen LogP contribution in [0.15, 0.2) is 49.8 Å². The van der Waals surface area contributed by atoms with Crippen LogP contribution < -0.4 is 4.74 Å². The maximum absolute atomic E-state index is 9.90. The van der Waals surface area contributed by atoms with Gasteiger partial charge in [-0.1, -0.05) is 22.0 Å². The molecule has 0 aliphatic carbocycles. The summed E-state index contributed by atoms with van der Waals surface area (Å²) >= 11 is 9.94. The van der Waals surface area contributed by atoms with Crippen LogP contribution in [-0.2, 0) is 0 Å². The highest BCUT2D eigenvalue weighted by Gasteiger charge is 2.10. The van der Waals surface area contributed by atoms with Crippen molar-refractivity contribution in [2.75, 3.05) is 0 Å².